The Morgan fingerprint density at radius 1 is 1.50 bits per heavy atom. The maximum Gasteiger partial charge on any atom is 0.158 e. The summed E-state index contributed by atoms with van der Waals surface area (Å²) in [5.41, 5.74) is 1.88. The molecule has 0 amide bonds. The van der Waals surface area contributed by atoms with E-state index in [4.69, 9.17) is 11.6 Å². The van der Waals surface area contributed by atoms with Gasteiger partial charge in [0.15, 0.2) is 5.15 Å². The molecule has 0 aliphatic heterocycles. The quantitative estimate of drug-likeness (QED) is 0.720. The SMILES string of the molecule is C=C/C(=C\C=C/C)c1cn(C)nc1Cl.CC. The second-order valence-corrected chi connectivity index (χ2v) is 3.22. The average molecular weight is 239 g/mol. The fourth-order valence-corrected chi connectivity index (χ4v) is 1.40. The molecule has 1 aromatic rings. The Labute approximate surface area is 103 Å². The predicted molar refractivity (Wildman–Crippen MR) is 72.6 cm³/mol. The number of rotatable bonds is 3. The minimum atomic E-state index is 0.503. The molecule has 0 saturated carbocycles. The molecule has 0 atom stereocenters. The van der Waals surface area contributed by atoms with Crippen LogP contribution >= 0.6 is 11.6 Å². The van der Waals surface area contributed by atoms with Crippen LogP contribution in [0, 0.1) is 0 Å². The van der Waals surface area contributed by atoms with Crippen LogP contribution in [0.2, 0.25) is 5.15 Å². The van der Waals surface area contributed by atoms with Crippen LogP contribution in [0.1, 0.15) is 26.3 Å². The van der Waals surface area contributed by atoms with E-state index in [1.807, 2.05) is 52.2 Å². The van der Waals surface area contributed by atoms with E-state index in [0.717, 1.165) is 11.1 Å². The average Bonchev–Trinajstić information content (AvgIpc) is 2.62. The lowest BCUT2D eigenvalue weighted by atomic mass is 10.1. The highest BCUT2D eigenvalue weighted by atomic mass is 35.5. The minimum absolute atomic E-state index is 0.503. The van der Waals surface area contributed by atoms with Gasteiger partial charge in [-0.15, -0.1) is 0 Å². The highest BCUT2D eigenvalue weighted by Crippen LogP contribution is 2.22. The molecule has 1 heterocycles. The number of halogens is 1. The number of aromatic nitrogens is 2. The lowest BCUT2D eigenvalue weighted by Gasteiger charge is -1.95. The molecular weight excluding hydrogens is 220 g/mol. The van der Waals surface area contributed by atoms with E-state index in [1.165, 1.54) is 0 Å². The molecule has 1 aromatic heterocycles. The van der Waals surface area contributed by atoms with E-state index >= 15 is 0 Å². The zero-order chi connectivity index (χ0) is 12.6. The first-order valence-electron chi connectivity index (χ1n) is 5.34. The fourth-order valence-electron chi connectivity index (χ4n) is 1.12. The summed E-state index contributed by atoms with van der Waals surface area (Å²) in [6.07, 6.45) is 9.49. The van der Waals surface area contributed by atoms with Crippen LogP contribution in [0.15, 0.2) is 37.1 Å². The van der Waals surface area contributed by atoms with Gasteiger partial charge in [-0.2, -0.15) is 5.10 Å². The molecule has 0 N–H and O–H groups in total. The lowest BCUT2D eigenvalue weighted by molar-refractivity contribution is 0.768. The maximum atomic E-state index is 5.95. The van der Waals surface area contributed by atoms with Crippen LogP contribution in [0.5, 0.6) is 0 Å². The number of hydrogen-bond donors (Lipinski definition) is 0. The van der Waals surface area contributed by atoms with Gasteiger partial charge in [-0.1, -0.05) is 56.3 Å². The maximum absolute atomic E-state index is 5.95. The predicted octanol–water partition coefficient (Wildman–Crippen LogP) is 4.25. The molecule has 3 heteroatoms. The molecule has 0 radical (unpaired) electrons. The monoisotopic (exact) mass is 238 g/mol. The topological polar surface area (TPSA) is 17.8 Å². The van der Waals surface area contributed by atoms with Gasteiger partial charge >= 0.3 is 0 Å². The van der Waals surface area contributed by atoms with Crippen LogP contribution in [-0.4, -0.2) is 9.78 Å². The van der Waals surface area contributed by atoms with Crippen molar-refractivity contribution in [2.45, 2.75) is 20.8 Å². The van der Waals surface area contributed by atoms with E-state index < -0.39 is 0 Å². The third kappa shape index (κ3) is 4.07. The third-order valence-corrected chi connectivity index (χ3v) is 2.06. The summed E-state index contributed by atoms with van der Waals surface area (Å²) in [7, 11) is 1.84. The summed E-state index contributed by atoms with van der Waals surface area (Å²) >= 11 is 5.95. The Hall–Kier alpha value is -1.28. The zero-order valence-electron chi connectivity index (χ0n) is 10.4. The molecule has 0 fully saturated rings. The largest absolute Gasteiger partial charge is 0.274 e. The van der Waals surface area contributed by atoms with Gasteiger partial charge in [-0.05, 0) is 12.5 Å². The van der Waals surface area contributed by atoms with Gasteiger partial charge < -0.3 is 0 Å². The molecular formula is C13H19ClN2. The molecule has 88 valence electrons. The third-order valence-electron chi connectivity index (χ3n) is 1.78. The summed E-state index contributed by atoms with van der Waals surface area (Å²) in [5, 5.41) is 4.56. The summed E-state index contributed by atoms with van der Waals surface area (Å²) in [5.74, 6) is 0. The van der Waals surface area contributed by atoms with Crippen molar-refractivity contribution < 1.29 is 0 Å². The normalized spacial score (nSPS) is 11.2. The van der Waals surface area contributed by atoms with Crippen molar-refractivity contribution in [1.82, 2.24) is 9.78 Å². The first-order valence-corrected chi connectivity index (χ1v) is 5.71. The van der Waals surface area contributed by atoms with E-state index in [0.29, 0.717) is 5.15 Å². The molecule has 1 rings (SSSR count). The van der Waals surface area contributed by atoms with Crippen molar-refractivity contribution >= 4 is 17.2 Å². The minimum Gasteiger partial charge on any atom is -0.274 e. The van der Waals surface area contributed by atoms with Crippen LogP contribution in [0.3, 0.4) is 0 Å². The van der Waals surface area contributed by atoms with E-state index in [9.17, 15) is 0 Å². The zero-order valence-corrected chi connectivity index (χ0v) is 11.1. The highest BCUT2D eigenvalue weighted by molar-refractivity contribution is 6.31. The Kier molecular flexibility index (Phi) is 7.31. The van der Waals surface area contributed by atoms with Gasteiger partial charge in [0.25, 0.3) is 0 Å². The smallest absolute Gasteiger partial charge is 0.158 e. The molecule has 0 saturated heterocycles. The Morgan fingerprint density at radius 3 is 2.50 bits per heavy atom. The van der Waals surface area contributed by atoms with E-state index in [1.54, 1.807) is 10.8 Å². The second-order valence-electron chi connectivity index (χ2n) is 2.86. The van der Waals surface area contributed by atoms with E-state index in [2.05, 4.69) is 11.7 Å². The number of hydrogen-bond acceptors (Lipinski definition) is 1. The summed E-state index contributed by atoms with van der Waals surface area (Å²) in [4.78, 5) is 0. The van der Waals surface area contributed by atoms with Gasteiger partial charge in [0.2, 0.25) is 0 Å². The van der Waals surface area contributed by atoms with Gasteiger partial charge in [-0.25, -0.2) is 0 Å². The first kappa shape index (κ1) is 14.7. The second kappa shape index (κ2) is 7.94. The van der Waals surface area contributed by atoms with Crippen molar-refractivity contribution in [2.75, 3.05) is 0 Å². The molecule has 16 heavy (non-hydrogen) atoms. The van der Waals surface area contributed by atoms with Crippen LogP contribution in [0.25, 0.3) is 5.57 Å². The van der Waals surface area contributed by atoms with Gasteiger partial charge in [0.05, 0.1) is 0 Å². The van der Waals surface area contributed by atoms with Crippen molar-refractivity contribution in [1.29, 1.82) is 0 Å². The number of allylic oxidation sites excluding steroid dienone is 5. The Bertz CT molecular complexity index is 387. The summed E-state index contributed by atoms with van der Waals surface area (Å²) in [6, 6.07) is 0. The number of nitrogens with zero attached hydrogens (tertiary/aromatic N) is 2. The Balaban J connectivity index is 0.00000106. The van der Waals surface area contributed by atoms with Crippen LogP contribution in [0.4, 0.5) is 0 Å². The molecule has 0 bridgehead atoms. The van der Waals surface area contributed by atoms with Crippen molar-refractivity contribution in [3.63, 3.8) is 0 Å². The van der Waals surface area contributed by atoms with Crippen LogP contribution < -0.4 is 0 Å². The first-order chi connectivity index (χ1) is 7.69. The Morgan fingerprint density at radius 2 is 2.12 bits per heavy atom. The van der Waals surface area contributed by atoms with Crippen molar-refractivity contribution in [3.05, 3.63) is 47.8 Å². The van der Waals surface area contributed by atoms with Gasteiger partial charge in [0.1, 0.15) is 0 Å². The summed E-state index contributed by atoms with van der Waals surface area (Å²) in [6.45, 7) is 9.70. The molecule has 0 unspecified atom stereocenters. The standard InChI is InChI=1S/C11H13ClN2.C2H6/c1-4-6-7-9(5-2)10-8-14(3)13-11(10)12;1-2/h4-8H,2H2,1,3H3;1-2H3/b6-4-,9-7+;. The van der Waals surface area contributed by atoms with Crippen LogP contribution in [-0.2, 0) is 7.05 Å². The number of aryl methyl sites for hydroxylation is 1. The van der Waals surface area contributed by atoms with Gasteiger partial charge in [0, 0.05) is 18.8 Å². The summed E-state index contributed by atoms with van der Waals surface area (Å²) < 4.78 is 1.69. The van der Waals surface area contributed by atoms with Crippen molar-refractivity contribution in [3.8, 4) is 0 Å². The molecule has 0 aliphatic rings. The fraction of sp³-hybridized carbons (Fsp3) is 0.308. The molecule has 0 aliphatic carbocycles. The lowest BCUT2D eigenvalue weighted by Crippen LogP contribution is -1.84. The van der Waals surface area contributed by atoms with Crippen molar-refractivity contribution in [2.24, 2.45) is 7.05 Å². The van der Waals surface area contributed by atoms with Gasteiger partial charge in [-0.3, -0.25) is 4.68 Å². The molecule has 2 nitrogen and oxygen atoms in total. The molecule has 0 aromatic carbocycles. The highest BCUT2D eigenvalue weighted by Gasteiger charge is 2.06. The molecule has 0 spiro atoms. The van der Waals surface area contributed by atoms with E-state index in [-0.39, 0.29) is 0 Å².